The molecule has 3 amide bonds. The number of aryl methyl sites for hydroxylation is 1. The maximum Gasteiger partial charge on any atom is 0.251 e. The monoisotopic (exact) mass is 437 g/mol. The van der Waals surface area contributed by atoms with Crippen LogP contribution in [0.3, 0.4) is 0 Å². The number of nitrogens with one attached hydrogen (secondary N) is 2. The van der Waals surface area contributed by atoms with Crippen molar-refractivity contribution in [3.63, 3.8) is 0 Å². The smallest absolute Gasteiger partial charge is 0.251 e. The molecule has 2 heterocycles. The van der Waals surface area contributed by atoms with Crippen molar-refractivity contribution in [2.45, 2.75) is 39.7 Å². The molecule has 8 nitrogen and oxygen atoms in total. The summed E-state index contributed by atoms with van der Waals surface area (Å²) in [6.07, 6.45) is 3.26. The molecule has 0 saturated carbocycles. The maximum atomic E-state index is 12.9. The third-order valence-corrected chi connectivity index (χ3v) is 5.68. The second kappa shape index (κ2) is 10.3. The van der Waals surface area contributed by atoms with Gasteiger partial charge in [-0.15, -0.1) is 0 Å². The average Bonchev–Trinajstić information content (AvgIpc) is 2.77. The van der Waals surface area contributed by atoms with Crippen molar-refractivity contribution in [2.24, 2.45) is 17.6 Å². The Morgan fingerprint density at radius 1 is 1.19 bits per heavy atom. The van der Waals surface area contributed by atoms with E-state index < -0.39 is 6.04 Å². The molecule has 2 aromatic rings. The molecule has 2 atom stereocenters. The highest BCUT2D eigenvalue weighted by atomic mass is 16.2. The first kappa shape index (κ1) is 23.2. The summed E-state index contributed by atoms with van der Waals surface area (Å²) in [5, 5.41) is 5.68. The molecule has 1 aromatic carbocycles. The van der Waals surface area contributed by atoms with Gasteiger partial charge < -0.3 is 21.3 Å². The molecule has 3 rings (SSSR count). The minimum Gasteiger partial charge on any atom is -0.369 e. The highest BCUT2D eigenvalue weighted by Gasteiger charge is 2.26. The predicted octanol–water partition coefficient (Wildman–Crippen LogP) is 2.48. The second-order valence-corrected chi connectivity index (χ2v) is 8.65. The van der Waals surface area contributed by atoms with Gasteiger partial charge >= 0.3 is 0 Å². The van der Waals surface area contributed by atoms with Gasteiger partial charge in [-0.2, -0.15) is 0 Å². The zero-order valence-corrected chi connectivity index (χ0v) is 18.8. The van der Waals surface area contributed by atoms with Gasteiger partial charge in [0.25, 0.3) is 5.91 Å². The molecule has 1 aliphatic heterocycles. The van der Waals surface area contributed by atoms with Crippen molar-refractivity contribution in [1.82, 2.24) is 10.3 Å². The number of nitrogens with zero attached hydrogens (tertiary/aromatic N) is 2. The first-order valence-electron chi connectivity index (χ1n) is 10.9. The summed E-state index contributed by atoms with van der Waals surface area (Å²) < 4.78 is 0. The molecule has 32 heavy (non-hydrogen) atoms. The van der Waals surface area contributed by atoms with Gasteiger partial charge in [0.15, 0.2) is 0 Å². The lowest BCUT2D eigenvalue weighted by Crippen LogP contribution is -2.47. The average molecular weight is 438 g/mol. The number of amides is 3. The summed E-state index contributed by atoms with van der Waals surface area (Å²) in [7, 11) is 0. The Balaban J connectivity index is 1.64. The molecule has 1 aromatic heterocycles. The number of nitrogens with two attached hydrogens (primary N) is 1. The molecule has 0 spiro atoms. The number of hydrogen-bond acceptors (Lipinski definition) is 5. The van der Waals surface area contributed by atoms with E-state index >= 15 is 0 Å². The van der Waals surface area contributed by atoms with Crippen LogP contribution in [0.2, 0.25) is 0 Å². The SMILES string of the molecule is Cc1cccc(C(=O)NC(C(=O)Nc2ccc(N3CCCC(C(N)=O)C3)nc2)C(C)C)c1. The van der Waals surface area contributed by atoms with Crippen molar-refractivity contribution < 1.29 is 14.4 Å². The van der Waals surface area contributed by atoms with E-state index in [1.165, 1.54) is 0 Å². The lowest BCUT2D eigenvalue weighted by atomic mass is 9.97. The molecule has 4 N–H and O–H groups in total. The summed E-state index contributed by atoms with van der Waals surface area (Å²) >= 11 is 0. The molecule has 1 fully saturated rings. The van der Waals surface area contributed by atoms with E-state index in [9.17, 15) is 14.4 Å². The van der Waals surface area contributed by atoms with E-state index in [0.717, 1.165) is 30.8 Å². The van der Waals surface area contributed by atoms with Gasteiger partial charge in [-0.25, -0.2) is 4.98 Å². The van der Waals surface area contributed by atoms with Crippen LogP contribution in [0.5, 0.6) is 0 Å². The summed E-state index contributed by atoms with van der Waals surface area (Å²) in [5.41, 5.74) is 7.49. The van der Waals surface area contributed by atoms with Crippen LogP contribution in [-0.4, -0.2) is 41.8 Å². The molecular weight excluding hydrogens is 406 g/mol. The lowest BCUT2D eigenvalue weighted by molar-refractivity contribution is -0.122. The van der Waals surface area contributed by atoms with Crippen LogP contribution < -0.4 is 21.3 Å². The van der Waals surface area contributed by atoms with Gasteiger partial charge in [-0.1, -0.05) is 31.5 Å². The number of hydrogen-bond donors (Lipinski definition) is 3. The van der Waals surface area contributed by atoms with Crippen LogP contribution in [0.15, 0.2) is 42.6 Å². The van der Waals surface area contributed by atoms with Crippen LogP contribution in [0.25, 0.3) is 0 Å². The van der Waals surface area contributed by atoms with Crippen LogP contribution in [-0.2, 0) is 9.59 Å². The fourth-order valence-electron chi connectivity index (χ4n) is 3.83. The first-order valence-corrected chi connectivity index (χ1v) is 10.9. The Bertz CT molecular complexity index is 974. The molecule has 8 heteroatoms. The number of primary amides is 1. The molecular formula is C24H31N5O3. The van der Waals surface area contributed by atoms with Crippen molar-refractivity contribution in [3.05, 3.63) is 53.7 Å². The van der Waals surface area contributed by atoms with Crippen LogP contribution in [0, 0.1) is 18.8 Å². The van der Waals surface area contributed by atoms with Crippen LogP contribution >= 0.6 is 0 Å². The topological polar surface area (TPSA) is 117 Å². The Hall–Kier alpha value is -3.42. The van der Waals surface area contributed by atoms with E-state index in [-0.39, 0.29) is 29.6 Å². The number of aromatic nitrogens is 1. The number of carbonyl (C=O) groups excluding carboxylic acids is 3. The largest absolute Gasteiger partial charge is 0.369 e. The van der Waals surface area contributed by atoms with Gasteiger partial charge in [0.1, 0.15) is 11.9 Å². The lowest BCUT2D eigenvalue weighted by Gasteiger charge is -2.32. The summed E-state index contributed by atoms with van der Waals surface area (Å²) in [4.78, 5) is 43.5. The molecule has 1 saturated heterocycles. The second-order valence-electron chi connectivity index (χ2n) is 8.65. The van der Waals surface area contributed by atoms with E-state index in [0.29, 0.717) is 17.8 Å². The zero-order chi connectivity index (χ0) is 23.3. The Morgan fingerprint density at radius 2 is 1.97 bits per heavy atom. The van der Waals surface area contributed by atoms with E-state index in [1.54, 1.807) is 24.4 Å². The van der Waals surface area contributed by atoms with E-state index in [1.807, 2.05) is 43.9 Å². The number of benzene rings is 1. The molecule has 170 valence electrons. The van der Waals surface area contributed by atoms with Crippen molar-refractivity contribution in [1.29, 1.82) is 0 Å². The van der Waals surface area contributed by atoms with Gasteiger partial charge in [-0.3, -0.25) is 14.4 Å². The summed E-state index contributed by atoms with van der Waals surface area (Å²) in [6.45, 7) is 7.04. The van der Waals surface area contributed by atoms with Gasteiger partial charge in [0, 0.05) is 18.7 Å². The molecule has 1 aliphatic rings. The van der Waals surface area contributed by atoms with E-state index in [4.69, 9.17) is 5.73 Å². The third kappa shape index (κ3) is 5.84. The molecule has 0 bridgehead atoms. The summed E-state index contributed by atoms with van der Waals surface area (Å²) in [6, 6.07) is 10.1. The van der Waals surface area contributed by atoms with Gasteiger partial charge in [-0.05, 0) is 49.9 Å². The number of piperidine rings is 1. The minimum absolute atomic E-state index is 0.102. The number of anilines is 2. The minimum atomic E-state index is -0.693. The zero-order valence-electron chi connectivity index (χ0n) is 18.8. The number of rotatable bonds is 7. The quantitative estimate of drug-likeness (QED) is 0.615. The van der Waals surface area contributed by atoms with Gasteiger partial charge in [0.05, 0.1) is 17.8 Å². The van der Waals surface area contributed by atoms with Crippen molar-refractivity contribution >= 4 is 29.2 Å². The number of pyridine rings is 1. The van der Waals surface area contributed by atoms with Crippen molar-refractivity contribution in [2.75, 3.05) is 23.3 Å². The highest BCUT2D eigenvalue weighted by molar-refractivity contribution is 6.01. The fourth-order valence-corrected chi connectivity index (χ4v) is 3.83. The van der Waals surface area contributed by atoms with Crippen LogP contribution in [0.1, 0.15) is 42.6 Å². The van der Waals surface area contributed by atoms with Crippen molar-refractivity contribution in [3.8, 4) is 0 Å². The Labute approximate surface area is 188 Å². The van der Waals surface area contributed by atoms with E-state index in [2.05, 4.69) is 15.6 Å². The molecule has 0 radical (unpaired) electrons. The maximum absolute atomic E-state index is 12.9. The third-order valence-electron chi connectivity index (χ3n) is 5.68. The predicted molar refractivity (Wildman–Crippen MR) is 124 cm³/mol. The standard InChI is InChI=1S/C24H31N5O3/c1-15(2)21(28-23(31)17-7-4-6-16(3)12-17)24(32)27-19-9-10-20(26-13-19)29-11-5-8-18(14-29)22(25)30/h4,6-7,9-10,12-13,15,18,21H,5,8,11,14H2,1-3H3,(H2,25,30)(H,27,32)(H,28,31). The first-order chi connectivity index (χ1) is 15.2. The number of carbonyl (C=O) groups is 3. The normalized spacial score (nSPS) is 17.0. The van der Waals surface area contributed by atoms with Gasteiger partial charge in [0.2, 0.25) is 11.8 Å². The van der Waals surface area contributed by atoms with Crippen LogP contribution in [0.4, 0.5) is 11.5 Å². The molecule has 0 aliphatic carbocycles. The Kier molecular flexibility index (Phi) is 7.45. The Morgan fingerprint density at radius 3 is 2.59 bits per heavy atom. The molecule has 2 unspecified atom stereocenters. The summed E-state index contributed by atoms with van der Waals surface area (Å²) in [5.74, 6) is -0.413. The fraction of sp³-hybridized carbons (Fsp3) is 0.417. The highest BCUT2D eigenvalue weighted by Crippen LogP contribution is 2.22.